The maximum Gasteiger partial charge on any atom is 0.113 e. The van der Waals surface area contributed by atoms with Gasteiger partial charge in [0.25, 0.3) is 0 Å². The van der Waals surface area contributed by atoms with Gasteiger partial charge in [0, 0.05) is 56.0 Å². The molecule has 0 amide bonds. The minimum atomic E-state index is 0.541. The zero-order valence-corrected chi connectivity index (χ0v) is 12.8. The molecular weight excluding hydrogens is 260 g/mol. The van der Waals surface area contributed by atoms with Crippen molar-refractivity contribution >= 4 is 5.69 Å². The molecule has 0 radical (unpaired) electrons. The number of pyridine rings is 1. The average Bonchev–Trinajstić information content (AvgIpc) is 3.02. The van der Waals surface area contributed by atoms with Crippen LogP contribution >= 0.6 is 0 Å². The van der Waals surface area contributed by atoms with Gasteiger partial charge in [-0.1, -0.05) is 13.3 Å². The third-order valence-electron chi connectivity index (χ3n) is 4.31. The lowest BCUT2D eigenvalue weighted by Crippen LogP contribution is -2.35. The van der Waals surface area contributed by atoms with Crippen molar-refractivity contribution in [3.05, 3.63) is 42.7 Å². The number of anilines is 1. The topological polar surface area (TPSA) is 34.0 Å². The second-order valence-electron chi connectivity index (χ2n) is 5.82. The first-order valence-corrected chi connectivity index (χ1v) is 8.04. The molecule has 1 fully saturated rings. The van der Waals surface area contributed by atoms with Crippen LogP contribution in [0.5, 0.6) is 0 Å². The summed E-state index contributed by atoms with van der Waals surface area (Å²) in [7, 11) is 0. The van der Waals surface area contributed by atoms with E-state index in [0.29, 0.717) is 5.92 Å². The molecule has 2 aromatic heterocycles. The van der Waals surface area contributed by atoms with E-state index in [2.05, 4.69) is 44.7 Å². The molecule has 112 valence electrons. The van der Waals surface area contributed by atoms with Gasteiger partial charge in [0.15, 0.2) is 0 Å². The Morgan fingerprint density at radius 1 is 1.24 bits per heavy atom. The van der Waals surface area contributed by atoms with E-state index in [-0.39, 0.29) is 0 Å². The zero-order valence-electron chi connectivity index (χ0n) is 12.8. The zero-order chi connectivity index (χ0) is 14.5. The lowest BCUT2D eigenvalue weighted by molar-refractivity contribution is 0.466. The molecule has 0 spiro atoms. The summed E-state index contributed by atoms with van der Waals surface area (Å²) in [5.74, 6) is 1.81. The first-order chi connectivity index (χ1) is 10.4. The van der Waals surface area contributed by atoms with Crippen LogP contribution in [0.3, 0.4) is 0 Å². The molecule has 3 heterocycles. The summed E-state index contributed by atoms with van der Waals surface area (Å²) in [5, 5.41) is 0. The summed E-state index contributed by atoms with van der Waals surface area (Å²) in [5.41, 5.74) is 1.28. The van der Waals surface area contributed by atoms with E-state index in [1.54, 1.807) is 0 Å². The molecule has 0 bridgehead atoms. The fraction of sp³-hybridized carbons (Fsp3) is 0.529. The van der Waals surface area contributed by atoms with Crippen molar-refractivity contribution in [2.45, 2.75) is 45.1 Å². The maximum absolute atomic E-state index is 4.64. The van der Waals surface area contributed by atoms with Crippen molar-refractivity contribution < 1.29 is 0 Å². The minimum absolute atomic E-state index is 0.541. The Kier molecular flexibility index (Phi) is 4.53. The third kappa shape index (κ3) is 3.26. The van der Waals surface area contributed by atoms with Gasteiger partial charge in [0.05, 0.1) is 0 Å². The fourth-order valence-electron chi connectivity index (χ4n) is 3.18. The lowest BCUT2D eigenvalue weighted by Gasteiger charge is -2.34. The summed E-state index contributed by atoms with van der Waals surface area (Å²) >= 11 is 0. The first kappa shape index (κ1) is 14.1. The lowest BCUT2D eigenvalue weighted by atomic mass is 9.96. The molecule has 3 rings (SSSR count). The minimum Gasteiger partial charge on any atom is -0.371 e. The summed E-state index contributed by atoms with van der Waals surface area (Å²) in [4.78, 5) is 11.2. The highest BCUT2D eigenvalue weighted by atomic mass is 15.2. The summed E-state index contributed by atoms with van der Waals surface area (Å²) in [6, 6.07) is 4.21. The van der Waals surface area contributed by atoms with Gasteiger partial charge in [-0.2, -0.15) is 0 Å². The highest BCUT2D eigenvalue weighted by Crippen LogP contribution is 2.29. The van der Waals surface area contributed by atoms with E-state index in [1.165, 1.54) is 37.2 Å². The molecule has 21 heavy (non-hydrogen) atoms. The molecule has 1 aliphatic rings. The van der Waals surface area contributed by atoms with Crippen molar-refractivity contribution in [1.29, 1.82) is 0 Å². The van der Waals surface area contributed by atoms with Gasteiger partial charge in [-0.3, -0.25) is 4.98 Å². The molecule has 1 unspecified atom stereocenters. The van der Waals surface area contributed by atoms with Gasteiger partial charge < -0.3 is 9.47 Å². The molecule has 4 heteroatoms. The van der Waals surface area contributed by atoms with Gasteiger partial charge in [-0.25, -0.2) is 4.98 Å². The van der Waals surface area contributed by atoms with Crippen molar-refractivity contribution in [3.63, 3.8) is 0 Å². The van der Waals surface area contributed by atoms with Crippen molar-refractivity contribution in [1.82, 2.24) is 14.5 Å². The monoisotopic (exact) mass is 284 g/mol. The number of rotatable bonds is 5. The Balaban J connectivity index is 1.73. The number of aromatic nitrogens is 3. The molecule has 1 saturated heterocycles. The second kappa shape index (κ2) is 6.74. The van der Waals surface area contributed by atoms with Crippen LogP contribution in [0.2, 0.25) is 0 Å². The van der Waals surface area contributed by atoms with Crippen LogP contribution in [0.4, 0.5) is 5.69 Å². The van der Waals surface area contributed by atoms with Crippen LogP contribution in [0.15, 0.2) is 36.9 Å². The van der Waals surface area contributed by atoms with Crippen molar-refractivity contribution in [2.75, 3.05) is 18.0 Å². The molecular formula is C17H24N4. The quantitative estimate of drug-likeness (QED) is 0.843. The summed E-state index contributed by atoms with van der Waals surface area (Å²) in [6.45, 7) is 5.53. The number of hydrogen-bond donors (Lipinski definition) is 0. The van der Waals surface area contributed by atoms with E-state index in [4.69, 9.17) is 0 Å². The number of nitrogens with zero attached hydrogens (tertiary/aromatic N) is 4. The van der Waals surface area contributed by atoms with Gasteiger partial charge >= 0.3 is 0 Å². The Hall–Kier alpha value is -1.84. The molecule has 1 aliphatic heterocycles. The highest BCUT2D eigenvalue weighted by Gasteiger charge is 2.24. The standard InChI is InChI=1S/C17H24N4/c1-2-3-11-20-13-10-19-17(20)15-5-4-12-21(14-15)16-6-8-18-9-7-16/h6-10,13,15H,2-5,11-12,14H2,1H3. The van der Waals surface area contributed by atoms with Crippen molar-refractivity contribution in [2.24, 2.45) is 0 Å². The fourth-order valence-corrected chi connectivity index (χ4v) is 3.18. The van der Waals surface area contributed by atoms with Crippen LogP contribution < -0.4 is 4.90 Å². The Morgan fingerprint density at radius 2 is 2.10 bits per heavy atom. The molecule has 1 atom stereocenters. The normalized spacial score (nSPS) is 18.9. The molecule has 2 aromatic rings. The van der Waals surface area contributed by atoms with Gasteiger partial charge in [0.2, 0.25) is 0 Å². The predicted molar refractivity (Wildman–Crippen MR) is 85.6 cm³/mol. The SMILES string of the molecule is CCCCn1ccnc1C1CCCN(c2ccncc2)C1. The van der Waals surface area contributed by atoms with Crippen LogP contribution in [0, 0.1) is 0 Å². The van der Waals surface area contributed by atoms with Crippen LogP contribution in [0.25, 0.3) is 0 Å². The van der Waals surface area contributed by atoms with E-state index in [0.717, 1.165) is 19.6 Å². The van der Waals surface area contributed by atoms with E-state index < -0.39 is 0 Å². The Bertz CT molecular complexity index is 549. The van der Waals surface area contributed by atoms with E-state index in [1.807, 2.05) is 18.6 Å². The maximum atomic E-state index is 4.64. The number of imidazole rings is 1. The number of aryl methyl sites for hydroxylation is 1. The molecule has 0 N–H and O–H groups in total. The van der Waals surface area contributed by atoms with Gasteiger partial charge in [-0.05, 0) is 31.4 Å². The number of piperidine rings is 1. The molecule has 4 nitrogen and oxygen atoms in total. The Morgan fingerprint density at radius 3 is 2.90 bits per heavy atom. The predicted octanol–water partition coefficient (Wildman–Crippen LogP) is 3.46. The molecule has 0 aliphatic carbocycles. The van der Waals surface area contributed by atoms with E-state index in [9.17, 15) is 0 Å². The largest absolute Gasteiger partial charge is 0.371 e. The van der Waals surface area contributed by atoms with E-state index >= 15 is 0 Å². The highest BCUT2D eigenvalue weighted by molar-refractivity contribution is 5.45. The van der Waals surface area contributed by atoms with Gasteiger partial charge in [0.1, 0.15) is 5.82 Å². The van der Waals surface area contributed by atoms with Crippen molar-refractivity contribution in [3.8, 4) is 0 Å². The summed E-state index contributed by atoms with van der Waals surface area (Å²) in [6.07, 6.45) is 12.8. The van der Waals surface area contributed by atoms with Gasteiger partial charge in [-0.15, -0.1) is 0 Å². The third-order valence-corrected chi connectivity index (χ3v) is 4.31. The number of hydrogen-bond acceptors (Lipinski definition) is 3. The average molecular weight is 284 g/mol. The first-order valence-electron chi connectivity index (χ1n) is 8.04. The van der Waals surface area contributed by atoms with Crippen LogP contribution in [-0.4, -0.2) is 27.6 Å². The Labute approximate surface area is 126 Å². The van der Waals surface area contributed by atoms with Crippen LogP contribution in [-0.2, 0) is 6.54 Å². The molecule has 0 saturated carbocycles. The molecule has 0 aromatic carbocycles. The second-order valence-corrected chi connectivity index (χ2v) is 5.82. The number of unbranched alkanes of at least 4 members (excludes halogenated alkanes) is 1. The van der Waals surface area contributed by atoms with Crippen LogP contribution in [0.1, 0.15) is 44.3 Å². The smallest absolute Gasteiger partial charge is 0.113 e. The summed E-state index contributed by atoms with van der Waals surface area (Å²) < 4.78 is 2.35.